The summed E-state index contributed by atoms with van der Waals surface area (Å²) in [5, 5.41) is 9.27. The van der Waals surface area contributed by atoms with Crippen LogP contribution in [0.25, 0.3) is 27.9 Å². The first-order valence-electron chi connectivity index (χ1n) is 14.8. The molecule has 4 heterocycles. The van der Waals surface area contributed by atoms with E-state index in [1.165, 1.54) is 23.6 Å². The van der Waals surface area contributed by atoms with Crippen molar-refractivity contribution in [3.63, 3.8) is 0 Å². The van der Waals surface area contributed by atoms with Crippen LogP contribution < -0.4 is 0 Å². The molecule has 224 valence electrons. The number of nitrogens with one attached hydrogen (secondary N) is 1. The van der Waals surface area contributed by atoms with E-state index < -0.39 is 6.10 Å². The highest BCUT2D eigenvalue weighted by molar-refractivity contribution is 5.80. The van der Waals surface area contributed by atoms with Crippen LogP contribution in [0.4, 0.5) is 4.39 Å². The standard InChI is InChI=1S/C23H25FN2O2.C7H12O3.C3H8/c1-15-13-21-22(25-15)14-20(24)23(26-21)18-5-3-16(4-6-18)17-7-9-19(10-8-17)28-12-11-27-2;1-4-2-9-7-5(8)3-10-6(4)7;1-3-2/h3-7,13-14,19,25H,8-12H2,1-2H3;4-8H,2-3H2,1H3;3H2,1-2H3/t;4?,5?,6-,7-;/m.1./s1. The van der Waals surface area contributed by atoms with Gasteiger partial charge in [-0.1, -0.05) is 57.5 Å². The van der Waals surface area contributed by atoms with Crippen LogP contribution in [-0.4, -0.2) is 73.0 Å². The van der Waals surface area contributed by atoms with Gasteiger partial charge >= 0.3 is 0 Å². The number of H-pyrrole nitrogens is 1. The fourth-order valence-corrected chi connectivity index (χ4v) is 5.40. The molecule has 2 aromatic heterocycles. The number of methoxy groups -OCH3 is 1. The molecule has 2 N–H and O–H groups in total. The van der Waals surface area contributed by atoms with E-state index in [0.717, 1.165) is 48.2 Å². The first-order chi connectivity index (χ1) is 19.8. The molecule has 3 unspecified atom stereocenters. The number of rotatable bonds is 6. The quantitative estimate of drug-likeness (QED) is 0.332. The Kier molecular flexibility index (Phi) is 11.5. The minimum Gasteiger partial charge on any atom is -0.388 e. The van der Waals surface area contributed by atoms with E-state index in [0.29, 0.717) is 31.4 Å². The molecule has 8 heteroatoms. The minimum atomic E-state index is -0.394. The Bertz CT molecular complexity index is 1260. The number of aliphatic hydroxyl groups excluding tert-OH is 1. The molecular formula is C33H45FN2O5. The van der Waals surface area contributed by atoms with Crippen molar-refractivity contribution in [2.24, 2.45) is 5.92 Å². The average molecular weight is 569 g/mol. The third-order valence-corrected chi connectivity index (χ3v) is 7.50. The number of hydrogen-bond acceptors (Lipinski definition) is 6. The lowest BCUT2D eigenvalue weighted by molar-refractivity contribution is 0.0141. The van der Waals surface area contributed by atoms with Gasteiger partial charge in [-0.2, -0.15) is 0 Å². The van der Waals surface area contributed by atoms with Crippen molar-refractivity contribution < 1.29 is 28.4 Å². The molecular weight excluding hydrogens is 523 g/mol. The van der Waals surface area contributed by atoms with Crippen LogP contribution in [0, 0.1) is 18.7 Å². The van der Waals surface area contributed by atoms with Crippen molar-refractivity contribution >= 4 is 16.6 Å². The molecule has 2 saturated heterocycles. The summed E-state index contributed by atoms with van der Waals surface area (Å²) >= 11 is 0. The minimum absolute atomic E-state index is 0.0463. The Hall–Kier alpha value is -2.62. The van der Waals surface area contributed by atoms with E-state index in [2.05, 4.69) is 48.9 Å². The van der Waals surface area contributed by atoms with Crippen LogP contribution in [0.2, 0.25) is 0 Å². The van der Waals surface area contributed by atoms with Crippen molar-refractivity contribution in [1.29, 1.82) is 0 Å². The third kappa shape index (κ3) is 8.02. The largest absolute Gasteiger partial charge is 0.388 e. The van der Waals surface area contributed by atoms with Crippen LogP contribution in [0.5, 0.6) is 0 Å². The number of fused-ring (bicyclic) bond motifs is 2. The first-order valence-corrected chi connectivity index (χ1v) is 14.8. The number of nitrogens with zero attached hydrogens (tertiary/aromatic N) is 1. The Morgan fingerprint density at radius 1 is 1.05 bits per heavy atom. The maximum absolute atomic E-state index is 14.5. The van der Waals surface area contributed by atoms with Gasteiger partial charge in [-0.25, -0.2) is 9.37 Å². The molecule has 1 aliphatic carbocycles. The second-order valence-corrected chi connectivity index (χ2v) is 11.1. The van der Waals surface area contributed by atoms with Crippen molar-refractivity contribution in [1.82, 2.24) is 9.97 Å². The molecule has 41 heavy (non-hydrogen) atoms. The summed E-state index contributed by atoms with van der Waals surface area (Å²) in [6.45, 7) is 10.7. The van der Waals surface area contributed by atoms with Crippen molar-refractivity contribution in [3.05, 3.63) is 59.5 Å². The lowest BCUT2D eigenvalue weighted by atomic mass is 9.91. The van der Waals surface area contributed by atoms with Gasteiger partial charge in [-0.3, -0.25) is 0 Å². The summed E-state index contributed by atoms with van der Waals surface area (Å²) in [6, 6.07) is 11.5. The van der Waals surface area contributed by atoms with E-state index in [9.17, 15) is 9.50 Å². The van der Waals surface area contributed by atoms with Gasteiger partial charge in [0.25, 0.3) is 0 Å². The zero-order valence-electron chi connectivity index (χ0n) is 25.0. The number of pyridine rings is 1. The van der Waals surface area contributed by atoms with Crippen LogP contribution >= 0.6 is 0 Å². The number of ether oxygens (including phenoxy) is 4. The lowest BCUT2D eigenvalue weighted by Crippen LogP contribution is -2.28. The lowest BCUT2D eigenvalue weighted by Gasteiger charge is -2.22. The molecule has 1 aromatic carbocycles. The monoisotopic (exact) mass is 568 g/mol. The van der Waals surface area contributed by atoms with E-state index in [1.54, 1.807) is 7.11 Å². The summed E-state index contributed by atoms with van der Waals surface area (Å²) in [4.78, 5) is 7.63. The molecule has 2 fully saturated rings. The highest BCUT2D eigenvalue weighted by Crippen LogP contribution is 2.32. The first kappa shape index (κ1) is 31.3. The number of hydrogen-bond donors (Lipinski definition) is 2. The second kappa shape index (κ2) is 15.0. The van der Waals surface area contributed by atoms with Gasteiger partial charge in [0.1, 0.15) is 17.9 Å². The zero-order chi connectivity index (χ0) is 29.4. The van der Waals surface area contributed by atoms with Gasteiger partial charge in [0.05, 0.1) is 49.7 Å². The highest BCUT2D eigenvalue weighted by atomic mass is 19.1. The maximum atomic E-state index is 14.5. The van der Waals surface area contributed by atoms with Crippen LogP contribution in [0.1, 0.15) is 57.7 Å². The molecule has 7 nitrogen and oxygen atoms in total. The van der Waals surface area contributed by atoms with E-state index >= 15 is 0 Å². The van der Waals surface area contributed by atoms with Crippen LogP contribution in [0.3, 0.4) is 0 Å². The van der Waals surface area contributed by atoms with Gasteiger partial charge in [-0.05, 0) is 43.4 Å². The normalized spacial score (nSPS) is 25.1. The van der Waals surface area contributed by atoms with Crippen molar-refractivity contribution in [2.75, 3.05) is 33.5 Å². The summed E-state index contributed by atoms with van der Waals surface area (Å²) < 4.78 is 36.0. The summed E-state index contributed by atoms with van der Waals surface area (Å²) in [5.74, 6) is 0.136. The predicted molar refractivity (Wildman–Crippen MR) is 160 cm³/mol. The smallest absolute Gasteiger partial charge is 0.151 e. The predicted octanol–water partition coefficient (Wildman–Crippen LogP) is 6.47. The highest BCUT2D eigenvalue weighted by Gasteiger charge is 2.44. The molecule has 0 radical (unpaired) electrons. The molecule has 0 spiro atoms. The van der Waals surface area contributed by atoms with E-state index in [1.807, 2.05) is 25.1 Å². The summed E-state index contributed by atoms with van der Waals surface area (Å²) in [6.07, 6.45) is 6.40. The van der Waals surface area contributed by atoms with Gasteiger partial charge in [0.15, 0.2) is 5.82 Å². The second-order valence-electron chi connectivity index (χ2n) is 11.1. The summed E-state index contributed by atoms with van der Waals surface area (Å²) in [5.41, 5.74) is 6.17. The number of benzene rings is 1. The van der Waals surface area contributed by atoms with Crippen molar-refractivity contribution in [2.45, 2.75) is 77.8 Å². The SMILES string of the molecule is CC1CO[C@@H]2C(O)CO[C@H]12.CCC.COCCOC1CC=C(c2ccc(-c3nc4cc(C)[nH]c4cc3F)cc2)CC1. The molecule has 6 rings (SSSR count). The number of aliphatic hydroxyl groups is 1. The molecule has 0 bridgehead atoms. The number of aromatic nitrogens is 2. The third-order valence-electron chi connectivity index (χ3n) is 7.50. The van der Waals surface area contributed by atoms with Gasteiger partial charge in [-0.15, -0.1) is 0 Å². The zero-order valence-corrected chi connectivity index (χ0v) is 25.0. The maximum Gasteiger partial charge on any atom is 0.151 e. The molecule has 0 amide bonds. The van der Waals surface area contributed by atoms with E-state index in [-0.39, 0.29) is 24.1 Å². The molecule has 3 aromatic rings. The Morgan fingerprint density at radius 2 is 1.76 bits per heavy atom. The Labute approximate surface area is 243 Å². The average Bonchev–Trinajstić information content (AvgIpc) is 3.65. The number of aromatic amines is 1. The van der Waals surface area contributed by atoms with Gasteiger partial charge < -0.3 is 29.0 Å². The van der Waals surface area contributed by atoms with E-state index in [4.69, 9.17) is 18.9 Å². The number of aryl methyl sites for hydroxylation is 1. The molecule has 0 saturated carbocycles. The fourth-order valence-electron chi connectivity index (χ4n) is 5.40. The Morgan fingerprint density at radius 3 is 2.41 bits per heavy atom. The fraction of sp³-hybridized carbons (Fsp3) is 0.545. The number of halogens is 1. The van der Waals surface area contributed by atoms with Crippen molar-refractivity contribution in [3.8, 4) is 11.3 Å². The topological polar surface area (TPSA) is 85.8 Å². The van der Waals surface area contributed by atoms with Gasteiger partial charge in [0, 0.05) is 30.4 Å². The molecule has 3 aliphatic rings. The molecule has 5 atom stereocenters. The summed E-state index contributed by atoms with van der Waals surface area (Å²) in [7, 11) is 1.69. The van der Waals surface area contributed by atoms with Gasteiger partial charge in [0.2, 0.25) is 0 Å². The number of allylic oxidation sites excluding steroid dienone is 1. The van der Waals surface area contributed by atoms with Crippen LogP contribution in [0.15, 0.2) is 42.5 Å². The molecule has 2 aliphatic heterocycles. The Balaban J connectivity index is 0.000000246. The van der Waals surface area contributed by atoms with Crippen LogP contribution in [-0.2, 0) is 18.9 Å².